The summed E-state index contributed by atoms with van der Waals surface area (Å²) >= 11 is 0. The van der Waals surface area contributed by atoms with Crippen molar-refractivity contribution in [1.82, 2.24) is 9.47 Å². The van der Waals surface area contributed by atoms with Crippen LogP contribution >= 0.6 is 0 Å². The molecule has 8 nitrogen and oxygen atoms in total. The quantitative estimate of drug-likeness (QED) is 0.421. The molecule has 1 aromatic carbocycles. The Hall–Kier alpha value is -3.65. The predicted molar refractivity (Wildman–Crippen MR) is 168 cm³/mol. The number of likely N-dealkylation sites (tertiary alicyclic amines) is 1. The Balaban J connectivity index is 1.40. The van der Waals surface area contributed by atoms with Crippen molar-refractivity contribution in [1.29, 1.82) is 0 Å². The Bertz CT molecular complexity index is 1590. The lowest BCUT2D eigenvalue weighted by atomic mass is 9.67. The molecular weight excluding hydrogens is 556 g/mol. The van der Waals surface area contributed by atoms with Gasteiger partial charge in [0.25, 0.3) is 5.56 Å². The van der Waals surface area contributed by atoms with Crippen LogP contribution in [0.2, 0.25) is 0 Å². The van der Waals surface area contributed by atoms with Crippen LogP contribution in [0.5, 0.6) is 5.75 Å². The number of Topliss-reactive ketones (excluding diaryl/α,β-unsaturated/α-hetero) is 2. The van der Waals surface area contributed by atoms with E-state index in [-0.39, 0.29) is 58.5 Å². The number of allylic oxidation sites excluding steroid dienone is 4. The van der Waals surface area contributed by atoms with Gasteiger partial charge in [0.15, 0.2) is 11.6 Å². The minimum Gasteiger partial charge on any atom is -0.512 e. The Morgan fingerprint density at radius 1 is 0.864 bits per heavy atom. The molecule has 2 aliphatic carbocycles. The van der Waals surface area contributed by atoms with Crippen molar-refractivity contribution in [2.24, 2.45) is 16.7 Å². The molecular formula is C36H44N2O6. The number of ether oxygens (including phenoxy) is 1. The normalized spacial score (nSPS) is 25.0. The van der Waals surface area contributed by atoms with Crippen molar-refractivity contribution >= 4 is 11.6 Å². The third-order valence-electron chi connectivity index (χ3n) is 9.96. The number of rotatable bonds is 6. The highest BCUT2D eigenvalue weighted by molar-refractivity contribution is 6.05. The molecule has 2 N–H and O–H groups in total. The highest BCUT2D eigenvalue weighted by Gasteiger charge is 2.44. The lowest BCUT2D eigenvalue weighted by Gasteiger charge is -2.43. The van der Waals surface area contributed by atoms with Crippen molar-refractivity contribution in [2.75, 3.05) is 20.2 Å². The molecule has 2 bridgehead atoms. The van der Waals surface area contributed by atoms with Gasteiger partial charge in [0.05, 0.1) is 7.11 Å². The van der Waals surface area contributed by atoms with Gasteiger partial charge in [-0.2, -0.15) is 0 Å². The third-order valence-corrected chi connectivity index (χ3v) is 9.96. The molecule has 2 atom stereocenters. The molecule has 0 spiro atoms. The number of carbonyl (C=O) groups excluding carboxylic acids is 2. The lowest BCUT2D eigenvalue weighted by molar-refractivity contribution is -0.119. The summed E-state index contributed by atoms with van der Waals surface area (Å²) in [6.07, 6.45) is 2.20. The topological polar surface area (TPSA) is 109 Å². The van der Waals surface area contributed by atoms with Crippen LogP contribution in [0.25, 0.3) is 0 Å². The maximum Gasteiger partial charge on any atom is 0.250 e. The van der Waals surface area contributed by atoms with Crippen LogP contribution in [0.3, 0.4) is 0 Å². The van der Waals surface area contributed by atoms with Crippen molar-refractivity contribution in [3.63, 3.8) is 0 Å². The van der Waals surface area contributed by atoms with E-state index in [1.165, 1.54) is 0 Å². The standard InChI is InChI=1S/C36H44N2O6/c1-35(2)13-26(39)33(27(40)14-35)32(34-28(41)15-36(3,4)16-29(34)42)22-9-10-30(44-5)24(12-22)20-37-17-21-11-23(19-37)25-7-6-8-31(43)38(25)18-21/h6-10,12,21,23,32,39,41H,11,13-20H2,1-5H3. The number of piperidine rings is 1. The summed E-state index contributed by atoms with van der Waals surface area (Å²) in [6.45, 7) is 10.7. The number of aliphatic hydroxyl groups excluding tert-OH is 2. The summed E-state index contributed by atoms with van der Waals surface area (Å²) in [7, 11) is 1.63. The lowest BCUT2D eigenvalue weighted by Crippen LogP contribution is -2.46. The molecule has 0 radical (unpaired) electrons. The van der Waals surface area contributed by atoms with Gasteiger partial charge in [-0.1, -0.05) is 39.8 Å². The summed E-state index contributed by atoms with van der Waals surface area (Å²) in [5, 5.41) is 22.6. The first-order valence-corrected chi connectivity index (χ1v) is 15.7. The number of methoxy groups -OCH3 is 1. The maximum atomic E-state index is 13.7. The fourth-order valence-corrected chi connectivity index (χ4v) is 8.20. The third kappa shape index (κ3) is 5.65. The van der Waals surface area contributed by atoms with E-state index in [0.717, 1.165) is 30.8 Å². The van der Waals surface area contributed by atoms with Crippen LogP contribution in [0.4, 0.5) is 0 Å². The monoisotopic (exact) mass is 600 g/mol. The van der Waals surface area contributed by atoms with Gasteiger partial charge in [0, 0.05) is 92.2 Å². The van der Waals surface area contributed by atoms with Crippen molar-refractivity contribution < 1.29 is 24.5 Å². The molecule has 3 heterocycles. The molecule has 44 heavy (non-hydrogen) atoms. The minimum atomic E-state index is -0.869. The van der Waals surface area contributed by atoms with E-state index in [2.05, 4.69) is 11.0 Å². The Morgan fingerprint density at radius 2 is 1.50 bits per heavy atom. The van der Waals surface area contributed by atoms with E-state index in [1.54, 1.807) is 13.2 Å². The molecule has 234 valence electrons. The second-order valence-electron chi connectivity index (χ2n) is 15.0. The Kier molecular flexibility index (Phi) is 7.63. The Labute approximate surface area is 259 Å². The average Bonchev–Trinajstić information content (AvgIpc) is 2.91. The molecule has 1 aromatic heterocycles. The largest absolute Gasteiger partial charge is 0.512 e. The van der Waals surface area contributed by atoms with E-state index in [0.29, 0.717) is 43.2 Å². The molecule has 1 saturated heterocycles. The SMILES string of the molecule is COc1ccc(C(C2=C(O)CC(C)(C)CC2=O)C2=C(O)CC(C)(C)CC2=O)cc1CN1CC2CC(C1)c1cccc(=O)n1C2. The first-order valence-electron chi connectivity index (χ1n) is 15.7. The number of carbonyl (C=O) groups is 2. The molecule has 1 fully saturated rings. The molecule has 6 rings (SSSR count). The molecule has 0 amide bonds. The van der Waals surface area contributed by atoms with E-state index in [4.69, 9.17) is 4.74 Å². The summed E-state index contributed by atoms with van der Waals surface area (Å²) in [5.41, 5.74) is 2.36. The number of nitrogens with zero attached hydrogens (tertiary/aromatic N) is 2. The molecule has 4 aliphatic rings. The van der Waals surface area contributed by atoms with Gasteiger partial charge in [-0.25, -0.2) is 0 Å². The summed E-state index contributed by atoms with van der Waals surface area (Å²) < 4.78 is 7.71. The van der Waals surface area contributed by atoms with Gasteiger partial charge < -0.3 is 19.5 Å². The predicted octanol–water partition coefficient (Wildman–Crippen LogP) is 5.96. The van der Waals surface area contributed by atoms with Crippen LogP contribution in [0, 0.1) is 16.7 Å². The minimum absolute atomic E-state index is 0.00989. The zero-order valence-corrected chi connectivity index (χ0v) is 26.5. The van der Waals surface area contributed by atoms with Crippen LogP contribution in [0.1, 0.15) is 88.5 Å². The molecule has 2 aromatic rings. The fourth-order valence-electron chi connectivity index (χ4n) is 8.20. The number of fused-ring (bicyclic) bond motifs is 4. The van der Waals surface area contributed by atoms with Crippen molar-refractivity contribution in [3.05, 3.63) is 86.2 Å². The second-order valence-corrected chi connectivity index (χ2v) is 15.0. The van der Waals surface area contributed by atoms with E-state index >= 15 is 0 Å². The van der Waals surface area contributed by atoms with Crippen molar-refractivity contribution in [3.8, 4) is 5.75 Å². The van der Waals surface area contributed by atoms with Gasteiger partial charge in [0.1, 0.15) is 17.3 Å². The summed E-state index contributed by atoms with van der Waals surface area (Å²) in [6, 6.07) is 11.2. The van der Waals surface area contributed by atoms with Crippen LogP contribution in [-0.4, -0.2) is 51.4 Å². The molecule has 0 saturated carbocycles. The highest BCUT2D eigenvalue weighted by atomic mass is 16.5. The average molecular weight is 601 g/mol. The highest BCUT2D eigenvalue weighted by Crippen LogP contribution is 2.48. The Morgan fingerprint density at radius 3 is 2.09 bits per heavy atom. The van der Waals surface area contributed by atoms with Gasteiger partial charge in [-0.3, -0.25) is 19.3 Å². The molecule has 2 unspecified atom stereocenters. The number of benzene rings is 1. The summed E-state index contributed by atoms with van der Waals surface area (Å²) in [4.78, 5) is 42.3. The number of pyridine rings is 1. The van der Waals surface area contributed by atoms with Crippen LogP contribution in [0.15, 0.2) is 63.9 Å². The smallest absolute Gasteiger partial charge is 0.250 e. The number of hydrogen-bond donors (Lipinski definition) is 2. The first kappa shape index (κ1) is 30.4. The van der Waals surface area contributed by atoms with Gasteiger partial charge in [-0.05, 0) is 46.9 Å². The zero-order chi connectivity index (χ0) is 31.6. The molecule has 2 aliphatic heterocycles. The number of aromatic nitrogens is 1. The second kappa shape index (κ2) is 11.1. The number of ketones is 2. The fraction of sp³-hybridized carbons (Fsp3) is 0.528. The molecule has 8 heteroatoms. The maximum absolute atomic E-state index is 13.7. The van der Waals surface area contributed by atoms with Gasteiger partial charge in [0.2, 0.25) is 0 Å². The summed E-state index contributed by atoms with van der Waals surface area (Å²) in [5.74, 6) is 0.0324. The number of aliphatic hydroxyl groups is 2. The zero-order valence-electron chi connectivity index (χ0n) is 26.5. The van der Waals surface area contributed by atoms with Crippen LogP contribution < -0.4 is 10.3 Å². The first-order chi connectivity index (χ1) is 20.7. The van der Waals surface area contributed by atoms with Crippen molar-refractivity contribution in [2.45, 2.75) is 84.7 Å². The van der Waals surface area contributed by atoms with Gasteiger partial charge >= 0.3 is 0 Å². The van der Waals surface area contributed by atoms with E-state index in [9.17, 15) is 24.6 Å². The van der Waals surface area contributed by atoms with E-state index in [1.807, 2.05) is 56.5 Å². The van der Waals surface area contributed by atoms with Crippen LogP contribution in [-0.2, 0) is 22.7 Å². The van der Waals surface area contributed by atoms with E-state index < -0.39 is 16.7 Å². The number of hydrogen-bond acceptors (Lipinski definition) is 7. The van der Waals surface area contributed by atoms with Gasteiger partial charge in [-0.15, -0.1) is 0 Å².